The highest BCUT2D eigenvalue weighted by atomic mass is 32.2. The van der Waals surface area contributed by atoms with Gasteiger partial charge in [-0.15, -0.1) is 0 Å². The van der Waals surface area contributed by atoms with Gasteiger partial charge in [-0.2, -0.15) is 0 Å². The minimum absolute atomic E-state index is 0.113. The van der Waals surface area contributed by atoms with Crippen LogP contribution in [0, 0.1) is 17.6 Å². The second-order valence-electron chi connectivity index (χ2n) is 7.78. The van der Waals surface area contributed by atoms with E-state index in [-0.39, 0.29) is 42.5 Å². The molecule has 0 bridgehead atoms. The van der Waals surface area contributed by atoms with Crippen LogP contribution in [0.25, 0.3) is 0 Å². The van der Waals surface area contributed by atoms with Crippen LogP contribution in [0.1, 0.15) is 24.4 Å². The van der Waals surface area contributed by atoms with Crippen LogP contribution < -0.4 is 9.62 Å². The molecule has 3 heterocycles. The van der Waals surface area contributed by atoms with Crippen molar-refractivity contribution in [2.24, 2.45) is 5.92 Å². The predicted molar refractivity (Wildman–Crippen MR) is 110 cm³/mol. The minimum Gasteiger partial charge on any atom is -0.354 e. The molecule has 0 radical (unpaired) electrons. The highest BCUT2D eigenvalue weighted by Gasteiger charge is 2.42. The molecule has 1 N–H and O–H groups in total. The lowest BCUT2D eigenvalue weighted by molar-refractivity contribution is -0.184. The standard InChI is InChI=1S/C20H22F3N5O4S/c1-24-33(30,31)19-9-18(25-11-26-19)27-4-2-15(16(23)10-27)20(29)28-17(3-5-32-28)12-6-13(21)8-14(22)7-12/h6-9,11,15-17,24H,2-5,10H2,1H3/t15-,16+,17?/m1/s1. The molecule has 2 fully saturated rings. The largest absolute Gasteiger partial charge is 0.354 e. The second kappa shape index (κ2) is 9.23. The molecular formula is C20H22F3N5O4S. The molecule has 33 heavy (non-hydrogen) atoms. The number of hydrogen-bond acceptors (Lipinski definition) is 7. The Labute approximate surface area is 188 Å². The quantitative estimate of drug-likeness (QED) is 0.644. The van der Waals surface area contributed by atoms with Crippen molar-refractivity contribution in [2.45, 2.75) is 30.1 Å². The van der Waals surface area contributed by atoms with E-state index >= 15 is 4.39 Å². The van der Waals surface area contributed by atoms with Gasteiger partial charge in [0.25, 0.3) is 15.9 Å². The van der Waals surface area contributed by atoms with Gasteiger partial charge in [0.1, 0.15) is 30.0 Å². The number of carbonyl (C=O) groups is 1. The maximum atomic E-state index is 15.1. The molecule has 1 unspecified atom stereocenters. The van der Waals surface area contributed by atoms with E-state index in [2.05, 4.69) is 14.7 Å². The summed E-state index contributed by atoms with van der Waals surface area (Å²) in [5, 5.41) is 0.767. The van der Waals surface area contributed by atoms with Gasteiger partial charge >= 0.3 is 0 Å². The summed E-state index contributed by atoms with van der Waals surface area (Å²) in [7, 11) is -2.55. The van der Waals surface area contributed by atoms with Gasteiger partial charge in [-0.3, -0.25) is 9.63 Å². The summed E-state index contributed by atoms with van der Waals surface area (Å²) in [6.07, 6.45) is -0.0825. The van der Waals surface area contributed by atoms with Crippen molar-refractivity contribution < 1.29 is 31.2 Å². The SMILES string of the molecule is CNS(=O)(=O)c1cc(N2CC[C@@H](C(=O)N3OCCC3c3cc(F)cc(F)c3)[C@@H](F)C2)ncn1. The smallest absolute Gasteiger partial charge is 0.257 e. The molecule has 13 heteroatoms. The normalized spacial score (nSPS) is 23.7. The van der Waals surface area contributed by atoms with Gasteiger partial charge < -0.3 is 4.90 Å². The highest BCUT2D eigenvalue weighted by molar-refractivity contribution is 7.89. The number of aromatic nitrogens is 2. The Bertz CT molecular complexity index is 1130. The lowest BCUT2D eigenvalue weighted by Crippen LogP contribution is -2.49. The number of carbonyl (C=O) groups excluding carboxylic acids is 1. The second-order valence-corrected chi connectivity index (χ2v) is 9.62. The van der Waals surface area contributed by atoms with E-state index in [4.69, 9.17) is 4.84 Å². The van der Waals surface area contributed by atoms with Crippen LogP contribution in [-0.2, 0) is 19.7 Å². The molecule has 4 rings (SSSR count). The third-order valence-electron chi connectivity index (χ3n) is 5.75. The number of anilines is 1. The molecule has 3 atom stereocenters. The Balaban J connectivity index is 1.48. The van der Waals surface area contributed by atoms with Crippen molar-refractivity contribution in [3.8, 4) is 0 Å². The summed E-state index contributed by atoms with van der Waals surface area (Å²) in [5.41, 5.74) is 0.241. The summed E-state index contributed by atoms with van der Waals surface area (Å²) in [4.78, 5) is 27.8. The Hall–Kier alpha value is -2.77. The number of piperidine rings is 1. The van der Waals surface area contributed by atoms with E-state index in [1.165, 1.54) is 18.0 Å². The van der Waals surface area contributed by atoms with E-state index in [1.54, 1.807) is 0 Å². The van der Waals surface area contributed by atoms with Crippen molar-refractivity contribution in [2.75, 3.05) is 31.6 Å². The van der Waals surface area contributed by atoms with E-state index in [0.717, 1.165) is 29.6 Å². The molecule has 1 aromatic heterocycles. The fourth-order valence-electron chi connectivity index (χ4n) is 4.07. The predicted octanol–water partition coefficient (Wildman–Crippen LogP) is 1.73. The number of nitrogens with zero attached hydrogens (tertiary/aromatic N) is 4. The van der Waals surface area contributed by atoms with Gasteiger partial charge in [0.2, 0.25) is 0 Å². The first kappa shape index (κ1) is 23.4. The molecule has 2 aliphatic heterocycles. The van der Waals surface area contributed by atoms with Crippen molar-refractivity contribution in [3.63, 3.8) is 0 Å². The van der Waals surface area contributed by atoms with E-state index < -0.39 is 45.7 Å². The molecule has 2 aliphatic rings. The first-order valence-corrected chi connectivity index (χ1v) is 11.7. The van der Waals surface area contributed by atoms with Gasteiger partial charge in [-0.1, -0.05) is 0 Å². The molecule has 178 valence electrons. The molecule has 0 spiro atoms. The maximum absolute atomic E-state index is 15.1. The zero-order valence-corrected chi connectivity index (χ0v) is 18.4. The molecular weight excluding hydrogens is 463 g/mol. The van der Waals surface area contributed by atoms with E-state index in [0.29, 0.717) is 6.42 Å². The number of alkyl halides is 1. The Morgan fingerprint density at radius 2 is 1.88 bits per heavy atom. The zero-order chi connectivity index (χ0) is 23.8. The summed E-state index contributed by atoms with van der Waals surface area (Å²) >= 11 is 0. The third-order valence-corrected chi connectivity index (χ3v) is 7.06. The van der Waals surface area contributed by atoms with Crippen LogP contribution in [0.2, 0.25) is 0 Å². The Kier molecular flexibility index (Phi) is 6.54. The van der Waals surface area contributed by atoms with Crippen LogP contribution >= 0.6 is 0 Å². The number of benzene rings is 1. The molecule has 2 saturated heterocycles. The van der Waals surface area contributed by atoms with Crippen molar-refractivity contribution in [1.29, 1.82) is 0 Å². The fourth-order valence-corrected chi connectivity index (χ4v) is 4.72. The van der Waals surface area contributed by atoms with Crippen molar-refractivity contribution in [3.05, 3.63) is 47.8 Å². The number of halogens is 3. The fraction of sp³-hybridized carbons (Fsp3) is 0.450. The summed E-state index contributed by atoms with van der Waals surface area (Å²) in [5.74, 6) is -2.95. The number of rotatable bonds is 5. The number of hydrogen-bond donors (Lipinski definition) is 1. The van der Waals surface area contributed by atoms with Crippen molar-refractivity contribution >= 4 is 21.7 Å². The van der Waals surface area contributed by atoms with Gasteiger partial charge in [0.05, 0.1) is 25.1 Å². The topological polar surface area (TPSA) is 105 Å². The zero-order valence-electron chi connectivity index (χ0n) is 17.6. The minimum atomic E-state index is -3.80. The molecule has 1 aromatic carbocycles. The maximum Gasteiger partial charge on any atom is 0.257 e. The lowest BCUT2D eigenvalue weighted by Gasteiger charge is -2.36. The first-order chi connectivity index (χ1) is 15.7. The summed E-state index contributed by atoms with van der Waals surface area (Å²) in [6, 6.07) is 3.51. The van der Waals surface area contributed by atoms with Crippen molar-refractivity contribution in [1.82, 2.24) is 19.8 Å². The molecule has 0 aliphatic carbocycles. The van der Waals surface area contributed by atoms with Gasteiger partial charge in [-0.05, 0) is 31.2 Å². The Morgan fingerprint density at radius 3 is 2.55 bits per heavy atom. The summed E-state index contributed by atoms with van der Waals surface area (Å²) in [6.45, 7) is 0.202. The first-order valence-electron chi connectivity index (χ1n) is 10.3. The number of sulfonamides is 1. The third kappa shape index (κ3) is 4.80. The number of hydroxylamine groups is 2. The monoisotopic (exact) mass is 485 g/mol. The van der Waals surface area contributed by atoms with Crippen LogP contribution in [0.15, 0.2) is 35.6 Å². The number of amides is 1. The number of nitrogens with one attached hydrogen (secondary N) is 1. The van der Waals surface area contributed by atoms with Crippen LogP contribution in [0.5, 0.6) is 0 Å². The van der Waals surface area contributed by atoms with E-state index in [1.807, 2.05) is 0 Å². The molecule has 2 aromatic rings. The van der Waals surface area contributed by atoms with Crippen LogP contribution in [0.4, 0.5) is 19.0 Å². The summed E-state index contributed by atoms with van der Waals surface area (Å²) < 4.78 is 68.5. The van der Waals surface area contributed by atoms with E-state index in [9.17, 15) is 22.0 Å². The van der Waals surface area contributed by atoms with Gasteiger partial charge in [0.15, 0.2) is 5.03 Å². The van der Waals surface area contributed by atoms with Gasteiger partial charge in [0, 0.05) is 25.1 Å². The highest BCUT2D eigenvalue weighted by Crippen LogP contribution is 2.35. The lowest BCUT2D eigenvalue weighted by atomic mass is 9.93. The molecule has 1 amide bonds. The molecule has 0 saturated carbocycles. The average molecular weight is 485 g/mol. The van der Waals surface area contributed by atoms with Crippen LogP contribution in [0.3, 0.4) is 0 Å². The average Bonchev–Trinajstić information content (AvgIpc) is 3.28. The molecule has 9 nitrogen and oxygen atoms in total. The van der Waals surface area contributed by atoms with Gasteiger partial charge in [-0.25, -0.2) is 41.3 Å². The Morgan fingerprint density at radius 1 is 1.15 bits per heavy atom. The van der Waals surface area contributed by atoms with Crippen LogP contribution in [-0.4, -0.2) is 62.3 Å².